The predicted molar refractivity (Wildman–Crippen MR) is 148 cm³/mol. The number of likely N-dealkylation sites (tertiary alicyclic amines) is 2. The van der Waals surface area contributed by atoms with Gasteiger partial charge in [-0.2, -0.15) is 4.31 Å². The van der Waals surface area contributed by atoms with Gasteiger partial charge in [-0.05, 0) is 75.1 Å². The Morgan fingerprint density at radius 2 is 1.78 bits per heavy atom. The lowest BCUT2D eigenvalue weighted by atomic mass is 10.0. The van der Waals surface area contributed by atoms with Crippen LogP contribution < -0.4 is 0 Å². The minimum absolute atomic E-state index is 0.0708. The lowest BCUT2D eigenvalue weighted by Gasteiger charge is -2.38. The second kappa shape index (κ2) is 10.6. The molecule has 0 unspecified atom stereocenters. The molecule has 0 radical (unpaired) electrons. The summed E-state index contributed by atoms with van der Waals surface area (Å²) in [5.41, 5.74) is 0.662. The second-order valence-corrected chi connectivity index (χ2v) is 13.6. The normalized spacial score (nSPS) is 20.1. The maximum atomic E-state index is 14.1. The number of sulfonamides is 1. The van der Waals surface area contributed by atoms with E-state index in [1.807, 2.05) is 29.3 Å². The summed E-state index contributed by atoms with van der Waals surface area (Å²) in [6.07, 6.45) is 2.32. The minimum atomic E-state index is -3.97. The number of thiazole rings is 1. The molecule has 2 aromatic carbocycles. The number of rotatable bonds is 7. The number of aryl methyl sites for hydroxylation is 1. The zero-order chi connectivity index (χ0) is 26.3. The fourth-order valence-electron chi connectivity index (χ4n) is 5.52. The fraction of sp³-hybridized carbons (Fsp3) is 0.481. The first-order valence-electron chi connectivity index (χ1n) is 12.8. The zero-order valence-electron chi connectivity index (χ0n) is 21.4. The van der Waals surface area contributed by atoms with Crippen LogP contribution in [0.4, 0.5) is 0 Å². The third-order valence-corrected chi connectivity index (χ3v) is 10.5. The average Bonchev–Trinajstić information content (AvgIpc) is 3.46. The Morgan fingerprint density at radius 3 is 2.46 bits per heavy atom. The summed E-state index contributed by atoms with van der Waals surface area (Å²) in [5, 5.41) is 4.99. The molecule has 1 amide bonds. The third-order valence-electron chi connectivity index (χ3n) is 7.59. The van der Waals surface area contributed by atoms with Crippen LogP contribution in [-0.2, 0) is 21.4 Å². The van der Waals surface area contributed by atoms with Crippen LogP contribution in [0.1, 0.15) is 43.8 Å². The molecule has 1 atom stereocenters. The van der Waals surface area contributed by atoms with Gasteiger partial charge in [0.25, 0.3) is 0 Å². The molecule has 3 aromatic rings. The lowest BCUT2D eigenvalue weighted by molar-refractivity contribution is -0.133. The number of amides is 1. The first-order chi connectivity index (χ1) is 17.6. The average molecular weight is 561 g/mol. The summed E-state index contributed by atoms with van der Waals surface area (Å²) in [5.74, 6) is -0.0916. The van der Waals surface area contributed by atoms with Crippen molar-refractivity contribution in [3.05, 3.63) is 57.5 Å². The molecule has 5 rings (SSSR count). The molecule has 2 aliphatic heterocycles. The number of fused-ring (bicyclic) bond motifs is 1. The molecular formula is C27H33ClN4O3S2. The van der Waals surface area contributed by atoms with E-state index < -0.39 is 16.1 Å². The van der Waals surface area contributed by atoms with Crippen molar-refractivity contribution in [2.45, 2.75) is 69.6 Å². The molecule has 0 spiro atoms. The van der Waals surface area contributed by atoms with E-state index in [1.54, 1.807) is 24.3 Å². The Morgan fingerprint density at radius 1 is 1.08 bits per heavy atom. The highest BCUT2D eigenvalue weighted by molar-refractivity contribution is 7.89. The number of benzene rings is 2. The quantitative estimate of drug-likeness (QED) is 0.410. The van der Waals surface area contributed by atoms with E-state index in [0.717, 1.165) is 41.7 Å². The van der Waals surface area contributed by atoms with Gasteiger partial charge in [-0.3, -0.25) is 4.79 Å². The van der Waals surface area contributed by atoms with E-state index in [0.29, 0.717) is 29.7 Å². The molecule has 2 saturated heterocycles. The standard InChI is InChI=1S/C27H33ClN4O3S2/c1-18(2)30-11-8-24(9-12-30)31-13-10-26(27(31)33)32(16-23-17-36-19(3)29-23)37(34,35)25-7-5-20-14-22(28)6-4-21(20)15-25/h4-7,14-15,17-18,24,26H,8-13,16H2,1-3H3/t26-/m0/s1. The fourth-order valence-corrected chi connectivity index (χ4v) is 7.93. The molecule has 0 saturated carbocycles. The highest BCUT2D eigenvalue weighted by atomic mass is 35.5. The van der Waals surface area contributed by atoms with Crippen molar-refractivity contribution < 1.29 is 13.2 Å². The van der Waals surface area contributed by atoms with Crippen LogP contribution in [0.15, 0.2) is 46.7 Å². The Hall–Kier alpha value is -2.04. The maximum absolute atomic E-state index is 14.1. The number of hydrogen-bond acceptors (Lipinski definition) is 6. The Labute approximate surface area is 228 Å². The lowest BCUT2D eigenvalue weighted by Crippen LogP contribution is -2.50. The van der Waals surface area contributed by atoms with Gasteiger partial charge in [-0.25, -0.2) is 13.4 Å². The van der Waals surface area contributed by atoms with Crippen LogP contribution in [0.5, 0.6) is 0 Å². The molecule has 37 heavy (non-hydrogen) atoms. The summed E-state index contributed by atoms with van der Waals surface area (Å²) < 4.78 is 29.6. The van der Waals surface area contributed by atoms with Crippen molar-refractivity contribution in [2.75, 3.05) is 19.6 Å². The largest absolute Gasteiger partial charge is 0.338 e. The number of carbonyl (C=O) groups excluding carboxylic acids is 1. The SMILES string of the molecule is Cc1nc(CN([C@H]2CCN(C3CCN(C(C)C)CC3)C2=O)S(=O)(=O)c2ccc3cc(Cl)ccc3c2)cs1. The monoisotopic (exact) mass is 560 g/mol. The first kappa shape index (κ1) is 26.6. The molecular weight excluding hydrogens is 528 g/mol. The van der Waals surface area contributed by atoms with E-state index in [-0.39, 0.29) is 23.4 Å². The van der Waals surface area contributed by atoms with E-state index >= 15 is 0 Å². The van der Waals surface area contributed by atoms with Gasteiger partial charge in [0.1, 0.15) is 6.04 Å². The molecule has 1 aromatic heterocycles. The number of carbonyl (C=O) groups is 1. The van der Waals surface area contributed by atoms with Gasteiger partial charge in [-0.1, -0.05) is 23.7 Å². The number of halogens is 1. The molecule has 10 heteroatoms. The van der Waals surface area contributed by atoms with Gasteiger partial charge in [0, 0.05) is 42.1 Å². The molecule has 0 bridgehead atoms. The van der Waals surface area contributed by atoms with Crippen LogP contribution >= 0.6 is 22.9 Å². The number of nitrogens with zero attached hydrogens (tertiary/aromatic N) is 4. The van der Waals surface area contributed by atoms with Crippen molar-refractivity contribution in [3.8, 4) is 0 Å². The van der Waals surface area contributed by atoms with Gasteiger partial charge in [0.15, 0.2) is 0 Å². The predicted octanol–water partition coefficient (Wildman–Crippen LogP) is 4.92. The Bertz CT molecular complexity index is 1400. The van der Waals surface area contributed by atoms with Crippen molar-refractivity contribution in [3.63, 3.8) is 0 Å². The molecule has 2 fully saturated rings. The summed E-state index contributed by atoms with van der Waals surface area (Å²) in [4.78, 5) is 22.8. The molecule has 3 heterocycles. The van der Waals surface area contributed by atoms with Gasteiger partial charge in [0.2, 0.25) is 15.9 Å². The van der Waals surface area contributed by atoms with Crippen LogP contribution in [0.2, 0.25) is 5.02 Å². The van der Waals surface area contributed by atoms with Gasteiger partial charge in [-0.15, -0.1) is 11.3 Å². The maximum Gasteiger partial charge on any atom is 0.244 e. The van der Waals surface area contributed by atoms with Crippen LogP contribution in [0.25, 0.3) is 10.8 Å². The van der Waals surface area contributed by atoms with Gasteiger partial charge in [0.05, 0.1) is 22.1 Å². The van der Waals surface area contributed by atoms with Crippen LogP contribution in [0, 0.1) is 6.92 Å². The number of hydrogen-bond donors (Lipinski definition) is 0. The van der Waals surface area contributed by atoms with E-state index in [9.17, 15) is 13.2 Å². The molecule has 7 nitrogen and oxygen atoms in total. The van der Waals surface area contributed by atoms with Gasteiger partial charge < -0.3 is 9.80 Å². The number of piperidine rings is 1. The Balaban J connectivity index is 1.44. The van der Waals surface area contributed by atoms with Crippen molar-refractivity contribution in [1.29, 1.82) is 0 Å². The van der Waals surface area contributed by atoms with Gasteiger partial charge >= 0.3 is 0 Å². The van der Waals surface area contributed by atoms with Crippen LogP contribution in [-0.4, -0.2) is 71.2 Å². The van der Waals surface area contributed by atoms with Crippen LogP contribution in [0.3, 0.4) is 0 Å². The Kier molecular flexibility index (Phi) is 7.62. The summed E-state index contributed by atoms with van der Waals surface area (Å²) in [7, 11) is -3.97. The zero-order valence-corrected chi connectivity index (χ0v) is 23.8. The second-order valence-electron chi connectivity index (χ2n) is 10.3. The summed E-state index contributed by atoms with van der Waals surface area (Å²) in [6.45, 7) is 8.85. The topological polar surface area (TPSA) is 73.8 Å². The van der Waals surface area contributed by atoms with Crippen molar-refractivity contribution in [2.24, 2.45) is 0 Å². The summed E-state index contributed by atoms with van der Waals surface area (Å²) in [6, 6.07) is 10.3. The smallest absolute Gasteiger partial charge is 0.244 e. The highest BCUT2D eigenvalue weighted by Crippen LogP contribution is 2.32. The highest BCUT2D eigenvalue weighted by Gasteiger charge is 2.44. The molecule has 0 N–H and O–H groups in total. The first-order valence-corrected chi connectivity index (χ1v) is 15.5. The third kappa shape index (κ3) is 5.43. The molecule has 2 aliphatic rings. The van der Waals surface area contributed by atoms with Crippen molar-refractivity contribution >= 4 is 49.6 Å². The molecule has 0 aliphatic carbocycles. The molecule has 198 valence electrons. The minimum Gasteiger partial charge on any atom is -0.338 e. The van der Waals surface area contributed by atoms with E-state index in [1.165, 1.54) is 15.6 Å². The number of aromatic nitrogens is 1. The van der Waals surface area contributed by atoms with E-state index in [2.05, 4.69) is 23.7 Å². The van der Waals surface area contributed by atoms with E-state index in [4.69, 9.17) is 11.6 Å². The van der Waals surface area contributed by atoms with Crippen molar-refractivity contribution in [1.82, 2.24) is 19.1 Å². The summed E-state index contributed by atoms with van der Waals surface area (Å²) >= 11 is 7.60.